The molecule has 1 aromatic carbocycles. The highest BCUT2D eigenvalue weighted by Gasteiger charge is 2.32. The number of aromatic nitrogens is 1. The number of pyridine rings is 1. The summed E-state index contributed by atoms with van der Waals surface area (Å²) in [6.07, 6.45) is 0.215. The van der Waals surface area contributed by atoms with Crippen molar-refractivity contribution in [1.82, 2.24) is 4.98 Å². The number of esters is 1. The molecule has 7 nitrogen and oxygen atoms in total. The minimum Gasteiger partial charge on any atom is -0.478 e. The second-order valence-electron chi connectivity index (χ2n) is 7.52. The molecule has 10 heteroatoms. The summed E-state index contributed by atoms with van der Waals surface area (Å²) in [7, 11) is 0. The van der Waals surface area contributed by atoms with Gasteiger partial charge in [0, 0.05) is 29.3 Å². The lowest BCUT2D eigenvalue weighted by Crippen LogP contribution is -2.18. The number of nitrogens with zero attached hydrogens (tertiary/aromatic N) is 1. The quantitative estimate of drug-likeness (QED) is 0.196. The van der Waals surface area contributed by atoms with Crippen LogP contribution >= 0.6 is 0 Å². The van der Waals surface area contributed by atoms with Crippen LogP contribution in [-0.4, -0.2) is 30.5 Å². The number of unbranched alkanes of at least 4 members (excludes halogenated alkanes) is 2. The van der Waals surface area contributed by atoms with Gasteiger partial charge in [0.2, 0.25) is 5.88 Å². The molecule has 0 N–H and O–H groups in total. The Morgan fingerprint density at radius 2 is 1.89 bits per heavy atom. The Kier molecular flexibility index (Phi) is 8.51. The monoisotopic (exact) mass is 491 g/mol. The van der Waals surface area contributed by atoms with E-state index in [1.807, 2.05) is 0 Å². The highest BCUT2D eigenvalue weighted by Crippen LogP contribution is 2.34. The van der Waals surface area contributed by atoms with E-state index >= 15 is 0 Å². The number of alkyl halides is 3. The molecule has 0 radical (unpaired) electrons. The second-order valence-corrected chi connectivity index (χ2v) is 7.52. The molecule has 0 unspecified atom stereocenters. The van der Waals surface area contributed by atoms with E-state index in [2.05, 4.69) is 16.3 Å². The Morgan fingerprint density at radius 3 is 2.60 bits per heavy atom. The lowest BCUT2D eigenvalue weighted by Gasteiger charge is -2.14. The van der Waals surface area contributed by atoms with Crippen molar-refractivity contribution in [2.75, 3.05) is 13.2 Å². The molecular formula is C25H24F3NO6. The molecule has 3 rings (SSSR count). The van der Waals surface area contributed by atoms with Crippen molar-refractivity contribution in [2.24, 2.45) is 0 Å². The van der Waals surface area contributed by atoms with Gasteiger partial charge in [0.1, 0.15) is 11.3 Å². The fourth-order valence-corrected chi connectivity index (χ4v) is 3.27. The smallest absolute Gasteiger partial charge is 0.478 e. The molecule has 35 heavy (non-hydrogen) atoms. The predicted molar refractivity (Wildman–Crippen MR) is 122 cm³/mol. The fraction of sp³-hybridized carbons (Fsp3) is 0.320. The van der Waals surface area contributed by atoms with Gasteiger partial charge in [0.25, 0.3) is 0 Å². The van der Waals surface area contributed by atoms with E-state index in [0.717, 1.165) is 12.5 Å². The van der Waals surface area contributed by atoms with Gasteiger partial charge in [-0.25, -0.2) is 14.6 Å². The summed E-state index contributed by atoms with van der Waals surface area (Å²) in [4.78, 5) is 27.8. The van der Waals surface area contributed by atoms with Crippen LogP contribution in [0.1, 0.15) is 31.7 Å². The Hall–Kier alpha value is -3.82. The molecule has 0 atom stereocenters. The molecule has 2 aromatic heterocycles. The van der Waals surface area contributed by atoms with Gasteiger partial charge in [-0.05, 0) is 43.4 Å². The van der Waals surface area contributed by atoms with E-state index in [-0.39, 0.29) is 22.6 Å². The highest BCUT2D eigenvalue weighted by molar-refractivity contribution is 5.83. The average Bonchev–Trinajstić information content (AvgIpc) is 2.81. The van der Waals surface area contributed by atoms with Crippen molar-refractivity contribution in [2.45, 2.75) is 39.0 Å². The van der Waals surface area contributed by atoms with Crippen molar-refractivity contribution in [3.8, 4) is 22.8 Å². The Labute approximate surface area is 199 Å². The third-order valence-corrected chi connectivity index (χ3v) is 5.01. The lowest BCUT2D eigenvalue weighted by molar-refractivity contribution is -0.274. The maximum absolute atomic E-state index is 12.9. The van der Waals surface area contributed by atoms with E-state index in [1.165, 1.54) is 30.5 Å². The van der Waals surface area contributed by atoms with E-state index in [9.17, 15) is 22.8 Å². The summed E-state index contributed by atoms with van der Waals surface area (Å²) in [6, 6.07) is 7.14. The third-order valence-electron chi connectivity index (χ3n) is 5.01. The summed E-state index contributed by atoms with van der Waals surface area (Å²) in [5.74, 6) is -0.705. The van der Waals surface area contributed by atoms with Gasteiger partial charge in [0.15, 0.2) is 0 Å². The van der Waals surface area contributed by atoms with Gasteiger partial charge < -0.3 is 18.6 Å². The standard InChI is InChI=1S/C25H24F3NO6/c1-3-16-8-9-18(21(12-16)35-25(26,27)28)19-13-17-15-29-22(14-20(17)34-24(19)31)32-10-6-5-7-11-33-23(30)4-2/h4,8-9,12-15H,2-3,5-7,10-11H2,1H3. The van der Waals surface area contributed by atoms with Crippen molar-refractivity contribution in [3.63, 3.8) is 0 Å². The Bertz CT molecular complexity index is 1250. The van der Waals surface area contributed by atoms with E-state index in [1.54, 1.807) is 13.0 Å². The summed E-state index contributed by atoms with van der Waals surface area (Å²) in [5, 5.41) is 0.411. The number of rotatable bonds is 11. The van der Waals surface area contributed by atoms with Crippen LogP contribution < -0.4 is 15.1 Å². The third kappa shape index (κ3) is 7.33. The summed E-state index contributed by atoms with van der Waals surface area (Å²) in [6.45, 7) is 5.75. The maximum Gasteiger partial charge on any atom is 0.573 e. The number of carbonyl (C=O) groups excluding carboxylic acids is 1. The van der Waals surface area contributed by atoms with Gasteiger partial charge in [0.05, 0.1) is 18.8 Å². The predicted octanol–water partition coefficient (Wildman–Crippen LogP) is 5.59. The average molecular weight is 491 g/mol. The number of halogens is 3. The van der Waals surface area contributed by atoms with Gasteiger partial charge in [-0.15, -0.1) is 13.2 Å². The van der Waals surface area contributed by atoms with Crippen LogP contribution in [-0.2, 0) is 16.0 Å². The van der Waals surface area contributed by atoms with E-state index in [4.69, 9.17) is 13.9 Å². The van der Waals surface area contributed by atoms with Crippen molar-refractivity contribution < 1.29 is 36.6 Å². The molecule has 2 heterocycles. The first-order chi connectivity index (χ1) is 16.7. The number of carbonyl (C=O) groups is 1. The number of benzene rings is 1. The minimum absolute atomic E-state index is 0.0331. The first-order valence-corrected chi connectivity index (χ1v) is 10.9. The number of hydrogen-bond donors (Lipinski definition) is 0. The molecular weight excluding hydrogens is 467 g/mol. The second kappa shape index (κ2) is 11.5. The fourth-order valence-electron chi connectivity index (χ4n) is 3.27. The van der Waals surface area contributed by atoms with Gasteiger partial charge in [-0.2, -0.15) is 0 Å². The highest BCUT2D eigenvalue weighted by atomic mass is 19.4. The molecule has 0 saturated carbocycles. The molecule has 0 aliphatic rings. The minimum atomic E-state index is -4.91. The Morgan fingerprint density at radius 1 is 1.11 bits per heavy atom. The molecule has 0 saturated heterocycles. The molecule has 186 valence electrons. The van der Waals surface area contributed by atoms with Crippen LogP contribution in [0.15, 0.2) is 58.4 Å². The van der Waals surface area contributed by atoms with Crippen LogP contribution in [0.4, 0.5) is 13.2 Å². The number of ether oxygens (including phenoxy) is 3. The summed E-state index contributed by atoms with van der Waals surface area (Å²) >= 11 is 0. The molecule has 0 amide bonds. The van der Waals surface area contributed by atoms with Crippen molar-refractivity contribution in [3.05, 3.63) is 65.2 Å². The number of hydrogen-bond acceptors (Lipinski definition) is 7. The zero-order valence-electron chi connectivity index (χ0n) is 19.0. The normalized spacial score (nSPS) is 11.3. The number of aryl methyl sites for hydroxylation is 1. The van der Waals surface area contributed by atoms with Crippen molar-refractivity contribution in [1.29, 1.82) is 0 Å². The lowest BCUT2D eigenvalue weighted by atomic mass is 10.0. The summed E-state index contributed by atoms with van der Waals surface area (Å²) < 4.78 is 58.8. The molecule has 0 aliphatic carbocycles. The molecule has 0 bridgehead atoms. The molecule has 0 aliphatic heterocycles. The van der Waals surface area contributed by atoms with Crippen LogP contribution in [0.3, 0.4) is 0 Å². The molecule has 3 aromatic rings. The van der Waals surface area contributed by atoms with Crippen molar-refractivity contribution >= 4 is 16.9 Å². The topological polar surface area (TPSA) is 87.9 Å². The maximum atomic E-state index is 12.9. The largest absolute Gasteiger partial charge is 0.573 e. The zero-order chi connectivity index (χ0) is 25.4. The number of fused-ring (bicyclic) bond motifs is 1. The van der Waals surface area contributed by atoms with Gasteiger partial charge >= 0.3 is 18.0 Å². The van der Waals surface area contributed by atoms with E-state index < -0.39 is 23.7 Å². The van der Waals surface area contributed by atoms with Gasteiger partial charge in [-0.3, -0.25) is 0 Å². The molecule has 0 fully saturated rings. The van der Waals surface area contributed by atoms with Crippen LogP contribution in [0.25, 0.3) is 22.1 Å². The zero-order valence-corrected chi connectivity index (χ0v) is 19.0. The summed E-state index contributed by atoms with van der Waals surface area (Å²) in [5.41, 5.74) is -0.121. The first-order valence-electron chi connectivity index (χ1n) is 10.9. The van der Waals surface area contributed by atoms with Crippen LogP contribution in [0.5, 0.6) is 11.6 Å². The van der Waals surface area contributed by atoms with Gasteiger partial charge in [-0.1, -0.05) is 25.6 Å². The SMILES string of the molecule is C=CC(=O)OCCCCCOc1cc2oc(=O)c(-c3ccc(CC)cc3OC(F)(F)F)cc2cn1. The van der Waals surface area contributed by atoms with E-state index in [0.29, 0.717) is 43.4 Å². The van der Waals surface area contributed by atoms with Crippen LogP contribution in [0, 0.1) is 0 Å². The van der Waals surface area contributed by atoms with Crippen LogP contribution in [0.2, 0.25) is 0 Å². The molecule has 0 spiro atoms. The first kappa shape index (κ1) is 25.8. The Balaban J connectivity index is 1.72.